The van der Waals surface area contributed by atoms with E-state index in [-0.39, 0.29) is 5.82 Å². The van der Waals surface area contributed by atoms with Crippen LogP contribution in [0.4, 0.5) is 4.39 Å². The highest BCUT2D eigenvalue weighted by Crippen LogP contribution is 2.35. The van der Waals surface area contributed by atoms with Crippen LogP contribution in [-0.4, -0.2) is 14.2 Å². The van der Waals surface area contributed by atoms with Crippen molar-refractivity contribution in [3.63, 3.8) is 0 Å². The molecule has 0 aromatic heterocycles. The zero-order chi connectivity index (χ0) is 13.1. The molecule has 0 fully saturated rings. The lowest BCUT2D eigenvalue weighted by Crippen LogP contribution is -1.91. The first kappa shape index (κ1) is 12.9. The smallest absolute Gasteiger partial charge is 0.132 e. The second-order valence-corrected chi connectivity index (χ2v) is 4.41. The second-order valence-electron chi connectivity index (χ2n) is 3.62. The Morgan fingerprint density at radius 1 is 1.11 bits per heavy atom. The van der Waals surface area contributed by atoms with Crippen molar-refractivity contribution in [2.45, 2.75) is 0 Å². The van der Waals surface area contributed by atoms with Crippen molar-refractivity contribution in [2.75, 3.05) is 14.2 Å². The first-order valence-corrected chi connectivity index (χ1v) is 6.04. The van der Waals surface area contributed by atoms with Crippen LogP contribution in [0.5, 0.6) is 11.5 Å². The summed E-state index contributed by atoms with van der Waals surface area (Å²) in [5, 5.41) is 0. The maximum absolute atomic E-state index is 13.9. The zero-order valence-corrected chi connectivity index (χ0v) is 11.5. The number of methoxy groups -OCH3 is 2. The summed E-state index contributed by atoms with van der Waals surface area (Å²) in [4.78, 5) is 0. The number of ether oxygens (including phenoxy) is 2. The number of halogens is 2. The third-order valence-electron chi connectivity index (χ3n) is 2.54. The van der Waals surface area contributed by atoms with E-state index in [4.69, 9.17) is 9.47 Å². The third-order valence-corrected chi connectivity index (χ3v) is 3.16. The van der Waals surface area contributed by atoms with Crippen molar-refractivity contribution < 1.29 is 13.9 Å². The van der Waals surface area contributed by atoms with Crippen molar-refractivity contribution in [3.05, 3.63) is 46.7 Å². The first-order chi connectivity index (χ1) is 8.65. The Labute approximate surface area is 113 Å². The normalized spacial score (nSPS) is 10.2. The van der Waals surface area contributed by atoms with E-state index in [0.717, 1.165) is 0 Å². The van der Waals surface area contributed by atoms with Gasteiger partial charge in [-0.3, -0.25) is 0 Å². The molecular formula is C14H11BrFO2. The fourth-order valence-corrected chi connectivity index (χ4v) is 2.22. The van der Waals surface area contributed by atoms with Gasteiger partial charge >= 0.3 is 0 Å². The van der Waals surface area contributed by atoms with Crippen LogP contribution >= 0.6 is 15.9 Å². The molecule has 0 bridgehead atoms. The summed E-state index contributed by atoms with van der Waals surface area (Å²) in [5.74, 6) is 0.898. The summed E-state index contributed by atoms with van der Waals surface area (Å²) >= 11 is 3.30. The molecule has 2 aromatic rings. The Kier molecular flexibility index (Phi) is 3.87. The molecule has 0 saturated carbocycles. The van der Waals surface area contributed by atoms with Crippen molar-refractivity contribution >= 4 is 15.9 Å². The third kappa shape index (κ3) is 2.48. The van der Waals surface area contributed by atoms with Crippen LogP contribution in [0.1, 0.15) is 0 Å². The molecule has 0 aliphatic carbocycles. The molecule has 18 heavy (non-hydrogen) atoms. The molecule has 0 saturated heterocycles. The lowest BCUT2D eigenvalue weighted by atomic mass is 10.0. The highest BCUT2D eigenvalue weighted by molar-refractivity contribution is 9.10. The summed E-state index contributed by atoms with van der Waals surface area (Å²) in [5.41, 5.74) is 1.11. The topological polar surface area (TPSA) is 18.5 Å². The van der Waals surface area contributed by atoms with Crippen LogP contribution in [0.2, 0.25) is 0 Å². The van der Waals surface area contributed by atoms with E-state index in [0.29, 0.717) is 27.1 Å². The SMILES string of the molecule is COc1cc(OC)cc(-c2c(Br)[c]ccc2F)c1. The predicted octanol–water partition coefficient (Wildman–Crippen LogP) is 4.07. The van der Waals surface area contributed by atoms with Gasteiger partial charge in [0.1, 0.15) is 17.3 Å². The van der Waals surface area contributed by atoms with E-state index in [1.54, 1.807) is 32.4 Å². The minimum atomic E-state index is -0.323. The van der Waals surface area contributed by atoms with Gasteiger partial charge in [0.2, 0.25) is 0 Å². The molecule has 0 spiro atoms. The Balaban J connectivity index is 2.63. The Hall–Kier alpha value is -1.55. The predicted molar refractivity (Wildman–Crippen MR) is 71.5 cm³/mol. The van der Waals surface area contributed by atoms with E-state index in [2.05, 4.69) is 22.0 Å². The highest BCUT2D eigenvalue weighted by Gasteiger charge is 2.12. The molecular weight excluding hydrogens is 299 g/mol. The van der Waals surface area contributed by atoms with Gasteiger partial charge in [-0.15, -0.1) is 0 Å². The molecule has 93 valence electrons. The van der Waals surface area contributed by atoms with E-state index in [9.17, 15) is 4.39 Å². The largest absolute Gasteiger partial charge is 0.497 e. The quantitative estimate of drug-likeness (QED) is 0.851. The monoisotopic (exact) mass is 309 g/mol. The van der Waals surface area contributed by atoms with Gasteiger partial charge < -0.3 is 9.47 Å². The van der Waals surface area contributed by atoms with Crippen molar-refractivity contribution in [1.29, 1.82) is 0 Å². The average molecular weight is 310 g/mol. The molecule has 0 amide bonds. The number of hydrogen-bond acceptors (Lipinski definition) is 2. The van der Waals surface area contributed by atoms with Crippen LogP contribution < -0.4 is 9.47 Å². The minimum absolute atomic E-state index is 0.323. The van der Waals surface area contributed by atoms with Gasteiger partial charge in [0.05, 0.1) is 14.2 Å². The second kappa shape index (κ2) is 5.40. The van der Waals surface area contributed by atoms with E-state index in [1.807, 2.05) is 0 Å². The molecule has 0 unspecified atom stereocenters. The van der Waals surface area contributed by atoms with Crippen molar-refractivity contribution in [3.8, 4) is 22.6 Å². The summed E-state index contributed by atoms with van der Waals surface area (Å²) in [7, 11) is 3.11. The lowest BCUT2D eigenvalue weighted by molar-refractivity contribution is 0.394. The summed E-state index contributed by atoms with van der Waals surface area (Å²) in [6.45, 7) is 0. The van der Waals surface area contributed by atoms with Gasteiger partial charge in [0.15, 0.2) is 0 Å². The molecule has 0 atom stereocenters. The highest BCUT2D eigenvalue weighted by atomic mass is 79.9. The Morgan fingerprint density at radius 3 is 2.22 bits per heavy atom. The van der Waals surface area contributed by atoms with Gasteiger partial charge in [-0.05, 0) is 45.8 Å². The summed E-state index contributed by atoms with van der Waals surface area (Å²) < 4.78 is 24.8. The van der Waals surface area contributed by atoms with Crippen molar-refractivity contribution in [2.24, 2.45) is 0 Å². The fraction of sp³-hybridized carbons (Fsp3) is 0.143. The standard InChI is InChI=1S/C14H11BrFO2/c1-17-10-6-9(7-11(8-10)18-2)14-12(15)4-3-5-13(14)16/h3,5-8H,1-2H3. The summed E-state index contributed by atoms with van der Waals surface area (Å²) in [6, 6.07) is 11.0. The van der Waals surface area contributed by atoms with Gasteiger partial charge in [-0.25, -0.2) is 4.39 Å². The average Bonchev–Trinajstić information content (AvgIpc) is 2.38. The molecule has 0 aliphatic rings. The van der Waals surface area contributed by atoms with E-state index in [1.165, 1.54) is 12.1 Å². The molecule has 2 aromatic carbocycles. The number of rotatable bonds is 3. The Bertz CT molecular complexity index is 527. The molecule has 0 aliphatic heterocycles. The van der Waals surface area contributed by atoms with E-state index >= 15 is 0 Å². The van der Waals surface area contributed by atoms with E-state index < -0.39 is 0 Å². The number of hydrogen-bond donors (Lipinski definition) is 0. The molecule has 0 heterocycles. The molecule has 1 radical (unpaired) electrons. The van der Waals surface area contributed by atoms with Crippen LogP contribution in [0.3, 0.4) is 0 Å². The molecule has 4 heteroatoms. The van der Waals surface area contributed by atoms with Crippen LogP contribution in [0.25, 0.3) is 11.1 Å². The zero-order valence-electron chi connectivity index (χ0n) is 9.96. The summed E-state index contributed by atoms with van der Waals surface area (Å²) in [6.07, 6.45) is 0. The molecule has 2 nitrogen and oxygen atoms in total. The molecule has 0 N–H and O–H groups in total. The fourth-order valence-electron chi connectivity index (χ4n) is 1.66. The maximum atomic E-state index is 13.9. The van der Waals surface area contributed by atoms with Gasteiger partial charge in [-0.1, -0.05) is 6.07 Å². The van der Waals surface area contributed by atoms with Crippen LogP contribution in [-0.2, 0) is 0 Å². The maximum Gasteiger partial charge on any atom is 0.132 e. The van der Waals surface area contributed by atoms with Gasteiger partial charge in [0.25, 0.3) is 0 Å². The minimum Gasteiger partial charge on any atom is -0.497 e. The molecule has 2 rings (SSSR count). The van der Waals surface area contributed by atoms with Crippen LogP contribution in [0, 0.1) is 11.9 Å². The number of benzene rings is 2. The van der Waals surface area contributed by atoms with Crippen molar-refractivity contribution in [1.82, 2.24) is 0 Å². The first-order valence-electron chi connectivity index (χ1n) is 5.25. The van der Waals surface area contributed by atoms with Crippen LogP contribution in [0.15, 0.2) is 34.8 Å². The van der Waals surface area contributed by atoms with Gasteiger partial charge in [0, 0.05) is 16.1 Å². The lowest BCUT2D eigenvalue weighted by Gasteiger charge is -2.10. The Morgan fingerprint density at radius 2 is 1.72 bits per heavy atom. The van der Waals surface area contributed by atoms with Gasteiger partial charge in [-0.2, -0.15) is 0 Å².